The molecule has 5 heteroatoms. The van der Waals surface area contributed by atoms with Gasteiger partial charge in [0.25, 0.3) is 0 Å². The van der Waals surface area contributed by atoms with E-state index in [1.165, 1.54) is 45.2 Å². The topological polar surface area (TPSA) is 40.6 Å². The Hall–Kier alpha value is -1.07. The zero-order chi connectivity index (χ0) is 16.4. The summed E-state index contributed by atoms with van der Waals surface area (Å²) >= 11 is 0. The van der Waals surface area contributed by atoms with Gasteiger partial charge in [-0.15, -0.1) is 0 Å². The monoisotopic (exact) mass is 336 g/mol. The van der Waals surface area contributed by atoms with Crippen molar-refractivity contribution in [3.63, 3.8) is 0 Å². The fourth-order valence-corrected chi connectivity index (χ4v) is 4.41. The molecule has 0 atom stereocenters. The van der Waals surface area contributed by atoms with Gasteiger partial charge in [0.1, 0.15) is 0 Å². The van der Waals surface area contributed by atoms with Gasteiger partial charge in [0.15, 0.2) is 9.84 Å². The summed E-state index contributed by atoms with van der Waals surface area (Å²) < 4.78 is 23.3. The molecule has 0 amide bonds. The number of nitrogens with zero attached hydrogens (tertiary/aromatic N) is 2. The van der Waals surface area contributed by atoms with Crippen LogP contribution in [0.5, 0.6) is 0 Å². The summed E-state index contributed by atoms with van der Waals surface area (Å²) in [6, 6.07) is 7.33. The first-order chi connectivity index (χ1) is 11.0. The van der Waals surface area contributed by atoms with E-state index in [1.807, 2.05) is 12.1 Å². The van der Waals surface area contributed by atoms with Crippen molar-refractivity contribution in [2.24, 2.45) is 11.8 Å². The molecule has 2 saturated heterocycles. The molecule has 2 heterocycles. The lowest BCUT2D eigenvalue weighted by Crippen LogP contribution is -2.52. The molecule has 0 radical (unpaired) electrons. The van der Waals surface area contributed by atoms with E-state index in [4.69, 9.17) is 0 Å². The van der Waals surface area contributed by atoms with Gasteiger partial charge in [0.2, 0.25) is 0 Å². The molecule has 0 N–H and O–H groups in total. The first-order valence-electron chi connectivity index (χ1n) is 8.73. The van der Waals surface area contributed by atoms with E-state index in [9.17, 15) is 8.42 Å². The molecular weight excluding hydrogens is 308 g/mol. The Kier molecular flexibility index (Phi) is 4.97. The van der Waals surface area contributed by atoms with Crippen LogP contribution < -0.4 is 4.90 Å². The Morgan fingerprint density at radius 1 is 1.13 bits per heavy atom. The highest BCUT2D eigenvalue weighted by Gasteiger charge is 2.30. The molecule has 4 nitrogen and oxygen atoms in total. The van der Waals surface area contributed by atoms with Crippen LogP contribution in [0.2, 0.25) is 0 Å². The number of piperidine rings is 1. The Bertz CT molecular complexity index is 630. The first-order valence-corrected chi connectivity index (χ1v) is 10.6. The molecule has 1 aromatic rings. The number of anilines is 1. The van der Waals surface area contributed by atoms with Crippen LogP contribution in [0.1, 0.15) is 26.2 Å². The van der Waals surface area contributed by atoms with Crippen LogP contribution in [-0.4, -0.2) is 52.3 Å². The maximum absolute atomic E-state index is 11.7. The highest BCUT2D eigenvalue weighted by molar-refractivity contribution is 7.90. The van der Waals surface area contributed by atoms with Crippen molar-refractivity contribution in [2.75, 3.05) is 43.9 Å². The van der Waals surface area contributed by atoms with Gasteiger partial charge in [-0.3, -0.25) is 0 Å². The average Bonchev–Trinajstić information content (AvgIpc) is 2.50. The molecular formula is C18H28N2O2S. The van der Waals surface area contributed by atoms with Crippen LogP contribution in [0, 0.1) is 11.8 Å². The third-order valence-electron chi connectivity index (χ3n) is 5.37. The second-order valence-corrected chi connectivity index (χ2v) is 9.21. The fraction of sp³-hybridized carbons (Fsp3) is 0.667. The summed E-state index contributed by atoms with van der Waals surface area (Å²) in [7, 11) is -3.12. The number of hydrogen-bond donors (Lipinski definition) is 0. The standard InChI is InChI=1S/C18H28N2O2S/c1-3-15-7-9-19(10-8-15)12-16-13-20(14-16)17-5-4-6-18(11-17)23(2,21)22/h4-6,11,15-16H,3,7-10,12-14H2,1-2H3. The van der Waals surface area contributed by atoms with Crippen molar-refractivity contribution >= 4 is 15.5 Å². The van der Waals surface area contributed by atoms with Gasteiger partial charge in [-0.1, -0.05) is 19.4 Å². The molecule has 0 saturated carbocycles. The van der Waals surface area contributed by atoms with Gasteiger partial charge in [0.05, 0.1) is 4.90 Å². The maximum atomic E-state index is 11.7. The van der Waals surface area contributed by atoms with E-state index < -0.39 is 9.84 Å². The second-order valence-electron chi connectivity index (χ2n) is 7.19. The largest absolute Gasteiger partial charge is 0.371 e. The quantitative estimate of drug-likeness (QED) is 0.829. The predicted octanol–water partition coefficient (Wildman–Crippen LogP) is 2.65. The lowest BCUT2D eigenvalue weighted by atomic mass is 9.92. The summed E-state index contributed by atoms with van der Waals surface area (Å²) in [6.07, 6.45) is 5.29. The lowest BCUT2D eigenvalue weighted by molar-refractivity contribution is 0.148. The van der Waals surface area contributed by atoms with Gasteiger partial charge in [-0.25, -0.2) is 8.42 Å². The smallest absolute Gasteiger partial charge is 0.175 e. The average molecular weight is 337 g/mol. The molecule has 1 aromatic carbocycles. The number of benzene rings is 1. The van der Waals surface area contributed by atoms with Gasteiger partial charge in [-0.2, -0.15) is 0 Å². The number of sulfone groups is 1. The van der Waals surface area contributed by atoms with Crippen molar-refractivity contribution in [3.05, 3.63) is 24.3 Å². The second kappa shape index (κ2) is 6.81. The molecule has 0 aliphatic carbocycles. The van der Waals surface area contributed by atoms with E-state index in [1.54, 1.807) is 12.1 Å². The van der Waals surface area contributed by atoms with Crippen molar-refractivity contribution in [1.29, 1.82) is 0 Å². The van der Waals surface area contributed by atoms with Gasteiger partial charge >= 0.3 is 0 Å². The number of rotatable bonds is 5. The van der Waals surface area contributed by atoms with E-state index in [2.05, 4.69) is 16.7 Å². The fourth-order valence-electron chi connectivity index (χ4n) is 3.75. The van der Waals surface area contributed by atoms with Crippen molar-refractivity contribution < 1.29 is 8.42 Å². The molecule has 0 spiro atoms. The molecule has 3 rings (SSSR count). The predicted molar refractivity (Wildman–Crippen MR) is 94.7 cm³/mol. The minimum atomic E-state index is -3.12. The highest BCUT2D eigenvalue weighted by Crippen LogP contribution is 2.28. The highest BCUT2D eigenvalue weighted by atomic mass is 32.2. The molecule has 23 heavy (non-hydrogen) atoms. The summed E-state index contributed by atoms with van der Waals surface area (Å²) in [5.41, 5.74) is 1.04. The number of hydrogen-bond acceptors (Lipinski definition) is 4. The van der Waals surface area contributed by atoms with Crippen molar-refractivity contribution in [2.45, 2.75) is 31.1 Å². The first kappa shape index (κ1) is 16.8. The van der Waals surface area contributed by atoms with Crippen LogP contribution >= 0.6 is 0 Å². The van der Waals surface area contributed by atoms with Crippen LogP contribution in [0.3, 0.4) is 0 Å². The summed E-state index contributed by atoms with van der Waals surface area (Å²) in [6.45, 7) is 8.08. The Labute approximate surface area is 140 Å². The van der Waals surface area contributed by atoms with Crippen LogP contribution in [0.4, 0.5) is 5.69 Å². The van der Waals surface area contributed by atoms with Crippen molar-refractivity contribution in [1.82, 2.24) is 4.90 Å². The van der Waals surface area contributed by atoms with Crippen molar-refractivity contribution in [3.8, 4) is 0 Å². The summed E-state index contributed by atoms with van der Waals surface area (Å²) in [4.78, 5) is 5.32. The van der Waals surface area contributed by atoms with Crippen LogP contribution in [0.25, 0.3) is 0 Å². The van der Waals surface area contributed by atoms with Crippen LogP contribution in [0.15, 0.2) is 29.2 Å². The maximum Gasteiger partial charge on any atom is 0.175 e. The van der Waals surface area contributed by atoms with Crippen LogP contribution in [-0.2, 0) is 9.84 Å². The van der Waals surface area contributed by atoms with Gasteiger partial charge in [0, 0.05) is 37.5 Å². The van der Waals surface area contributed by atoms with Gasteiger partial charge < -0.3 is 9.80 Å². The summed E-state index contributed by atoms with van der Waals surface area (Å²) in [5, 5.41) is 0. The van der Waals surface area contributed by atoms with E-state index in [-0.39, 0.29) is 0 Å². The third-order valence-corrected chi connectivity index (χ3v) is 6.48. The normalized spacial score (nSPS) is 21.4. The molecule has 2 fully saturated rings. The molecule has 2 aliphatic rings. The SMILES string of the molecule is CCC1CCN(CC2CN(c3cccc(S(C)(=O)=O)c3)C2)CC1. The Balaban J connectivity index is 1.50. The van der Waals surface area contributed by atoms with E-state index in [0.29, 0.717) is 4.90 Å². The van der Waals surface area contributed by atoms with Gasteiger partial charge in [-0.05, 0) is 50.0 Å². The minimum absolute atomic E-state index is 0.417. The molecule has 0 unspecified atom stereocenters. The Morgan fingerprint density at radius 2 is 1.83 bits per heavy atom. The number of likely N-dealkylation sites (tertiary alicyclic amines) is 1. The minimum Gasteiger partial charge on any atom is -0.371 e. The molecule has 2 aliphatic heterocycles. The molecule has 128 valence electrons. The molecule has 0 bridgehead atoms. The zero-order valence-corrected chi connectivity index (χ0v) is 15.1. The molecule has 0 aromatic heterocycles. The zero-order valence-electron chi connectivity index (χ0n) is 14.2. The third kappa shape index (κ3) is 4.07. The van der Waals surface area contributed by atoms with E-state index in [0.717, 1.165) is 30.6 Å². The summed E-state index contributed by atoms with van der Waals surface area (Å²) in [5.74, 6) is 1.65. The Morgan fingerprint density at radius 3 is 2.43 bits per heavy atom. The van der Waals surface area contributed by atoms with E-state index >= 15 is 0 Å². The lowest BCUT2D eigenvalue weighted by Gasteiger charge is -2.44.